The summed E-state index contributed by atoms with van der Waals surface area (Å²) in [5, 5.41) is 0. The highest BCUT2D eigenvalue weighted by Gasteiger charge is 2.01. The number of rotatable bonds is 6. The Hall–Kier alpha value is -2.03. The molecular weight excluding hydrogens is 238 g/mol. The van der Waals surface area contributed by atoms with E-state index in [1.165, 1.54) is 0 Å². The molecule has 3 heteroatoms. The van der Waals surface area contributed by atoms with E-state index in [0.29, 0.717) is 6.42 Å². The van der Waals surface area contributed by atoms with Crippen molar-refractivity contribution in [2.24, 2.45) is 0 Å². The lowest BCUT2D eigenvalue weighted by Crippen LogP contribution is -2.11. The molecule has 0 unspecified atom stereocenters. The van der Waals surface area contributed by atoms with E-state index in [4.69, 9.17) is 4.74 Å². The third-order valence-corrected chi connectivity index (χ3v) is 2.98. The number of H-pyrrole nitrogens is 1. The van der Waals surface area contributed by atoms with Crippen molar-refractivity contribution in [3.05, 3.63) is 64.1 Å². The summed E-state index contributed by atoms with van der Waals surface area (Å²) in [5.41, 5.74) is 1.87. The predicted octanol–water partition coefficient (Wildman–Crippen LogP) is 3.14. The number of benzene rings is 1. The first-order valence-electron chi connectivity index (χ1n) is 6.68. The van der Waals surface area contributed by atoms with Crippen LogP contribution >= 0.6 is 0 Å². The van der Waals surface area contributed by atoms with Gasteiger partial charge in [0.25, 0.3) is 5.56 Å². The highest BCUT2D eigenvalue weighted by molar-refractivity contribution is 5.30. The number of hydrogen-bond acceptors (Lipinski definition) is 2. The largest absolute Gasteiger partial charge is 0.494 e. The topological polar surface area (TPSA) is 42.1 Å². The summed E-state index contributed by atoms with van der Waals surface area (Å²) >= 11 is 0. The van der Waals surface area contributed by atoms with Gasteiger partial charge >= 0.3 is 0 Å². The molecule has 0 spiro atoms. The molecule has 0 amide bonds. The molecule has 2 rings (SSSR count). The van der Waals surface area contributed by atoms with Crippen LogP contribution in [0.3, 0.4) is 0 Å². The quantitative estimate of drug-likeness (QED) is 0.808. The van der Waals surface area contributed by atoms with Crippen molar-refractivity contribution in [2.45, 2.75) is 26.2 Å². The van der Waals surface area contributed by atoms with E-state index < -0.39 is 0 Å². The monoisotopic (exact) mass is 257 g/mol. The van der Waals surface area contributed by atoms with E-state index in [1.54, 1.807) is 6.20 Å². The van der Waals surface area contributed by atoms with Crippen LogP contribution in [0, 0.1) is 0 Å². The van der Waals surface area contributed by atoms with Gasteiger partial charge in [-0.3, -0.25) is 4.79 Å². The van der Waals surface area contributed by atoms with Gasteiger partial charge in [-0.25, -0.2) is 0 Å². The van der Waals surface area contributed by atoms with Gasteiger partial charge in [0.15, 0.2) is 0 Å². The summed E-state index contributed by atoms with van der Waals surface area (Å²) < 4.78 is 5.61. The molecule has 3 nitrogen and oxygen atoms in total. The Bertz CT molecular complexity index is 557. The van der Waals surface area contributed by atoms with Gasteiger partial charge < -0.3 is 9.72 Å². The zero-order chi connectivity index (χ0) is 13.5. The normalized spacial score (nSPS) is 10.4. The van der Waals surface area contributed by atoms with Crippen molar-refractivity contribution in [2.75, 3.05) is 6.61 Å². The zero-order valence-corrected chi connectivity index (χ0v) is 11.2. The third-order valence-electron chi connectivity index (χ3n) is 2.98. The van der Waals surface area contributed by atoms with Gasteiger partial charge in [0, 0.05) is 18.2 Å². The van der Waals surface area contributed by atoms with Crippen LogP contribution in [-0.4, -0.2) is 11.6 Å². The Labute approximate surface area is 113 Å². The average molecular weight is 257 g/mol. The van der Waals surface area contributed by atoms with Crippen LogP contribution < -0.4 is 10.3 Å². The number of unbranched alkanes of at least 4 members (excludes halogenated alkanes) is 1. The number of pyridine rings is 1. The zero-order valence-electron chi connectivity index (χ0n) is 11.2. The molecule has 0 atom stereocenters. The van der Waals surface area contributed by atoms with Gasteiger partial charge in [-0.15, -0.1) is 0 Å². The fourth-order valence-corrected chi connectivity index (χ4v) is 1.85. The lowest BCUT2D eigenvalue weighted by molar-refractivity contribution is 0.309. The summed E-state index contributed by atoms with van der Waals surface area (Å²) in [6, 6.07) is 11.6. The molecule has 1 aromatic heterocycles. The number of aromatic amines is 1. The minimum Gasteiger partial charge on any atom is -0.494 e. The molecule has 19 heavy (non-hydrogen) atoms. The predicted molar refractivity (Wildman–Crippen MR) is 76.7 cm³/mol. The summed E-state index contributed by atoms with van der Waals surface area (Å²) in [4.78, 5) is 14.3. The van der Waals surface area contributed by atoms with E-state index in [1.807, 2.05) is 36.4 Å². The van der Waals surface area contributed by atoms with Crippen molar-refractivity contribution >= 4 is 0 Å². The molecule has 0 saturated carbocycles. The minimum atomic E-state index is -0.0224. The highest BCUT2D eigenvalue weighted by atomic mass is 16.5. The fourth-order valence-electron chi connectivity index (χ4n) is 1.85. The molecule has 0 radical (unpaired) electrons. The Morgan fingerprint density at radius 1 is 1.16 bits per heavy atom. The van der Waals surface area contributed by atoms with Crippen LogP contribution in [0.5, 0.6) is 5.75 Å². The Morgan fingerprint density at radius 3 is 2.63 bits per heavy atom. The molecule has 0 bridgehead atoms. The number of nitrogens with one attached hydrogen (secondary N) is 1. The Balaban J connectivity index is 1.99. The molecule has 0 aliphatic carbocycles. The molecule has 2 aromatic rings. The summed E-state index contributed by atoms with van der Waals surface area (Å²) in [6.07, 6.45) is 4.50. The van der Waals surface area contributed by atoms with Crippen LogP contribution in [-0.2, 0) is 6.42 Å². The summed E-state index contributed by atoms with van der Waals surface area (Å²) in [7, 11) is 0. The SMILES string of the molecule is CCCCOc1ccc(Cc2ccc[nH]c2=O)cc1. The van der Waals surface area contributed by atoms with Crippen molar-refractivity contribution in [1.82, 2.24) is 4.98 Å². The standard InChI is InChI=1S/C16H19NO2/c1-2-3-11-19-15-8-6-13(7-9-15)12-14-5-4-10-17-16(14)18/h4-10H,2-3,11-12H2,1H3,(H,17,18). The lowest BCUT2D eigenvalue weighted by Gasteiger charge is -2.06. The van der Waals surface area contributed by atoms with E-state index in [0.717, 1.165) is 36.3 Å². The van der Waals surface area contributed by atoms with Crippen molar-refractivity contribution in [3.8, 4) is 5.75 Å². The van der Waals surface area contributed by atoms with Crippen LogP contribution in [0.15, 0.2) is 47.4 Å². The van der Waals surface area contributed by atoms with E-state index >= 15 is 0 Å². The van der Waals surface area contributed by atoms with Gasteiger partial charge in [0.2, 0.25) is 0 Å². The van der Waals surface area contributed by atoms with Gasteiger partial charge in [0.05, 0.1) is 6.61 Å². The maximum Gasteiger partial charge on any atom is 0.251 e. The molecule has 0 saturated heterocycles. The number of ether oxygens (including phenoxy) is 1. The van der Waals surface area contributed by atoms with E-state index in [9.17, 15) is 4.79 Å². The first-order valence-corrected chi connectivity index (χ1v) is 6.68. The summed E-state index contributed by atoms with van der Waals surface area (Å²) in [6.45, 7) is 2.90. The minimum absolute atomic E-state index is 0.0224. The number of hydrogen-bond donors (Lipinski definition) is 1. The van der Waals surface area contributed by atoms with Crippen LogP contribution in [0.1, 0.15) is 30.9 Å². The maximum atomic E-state index is 11.6. The second kappa shape index (κ2) is 6.78. The highest BCUT2D eigenvalue weighted by Crippen LogP contribution is 2.14. The Kier molecular flexibility index (Phi) is 4.78. The average Bonchev–Trinajstić information content (AvgIpc) is 2.44. The van der Waals surface area contributed by atoms with Gasteiger partial charge in [-0.2, -0.15) is 0 Å². The molecule has 1 N–H and O–H groups in total. The maximum absolute atomic E-state index is 11.6. The smallest absolute Gasteiger partial charge is 0.251 e. The second-order valence-electron chi connectivity index (χ2n) is 4.55. The fraction of sp³-hybridized carbons (Fsp3) is 0.312. The molecule has 100 valence electrons. The van der Waals surface area contributed by atoms with Crippen LogP contribution in [0.25, 0.3) is 0 Å². The Morgan fingerprint density at radius 2 is 1.95 bits per heavy atom. The van der Waals surface area contributed by atoms with Crippen molar-refractivity contribution in [1.29, 1.82) is 0 Å². The van der Waals surface area contributed by atoms with E-state index in [-0.39, 0.29) is 5.56 Å². The first-order chi connectivity index (χ1) is 9.29. The third kappa shape index (κ3) is 3.98. The van der Waals surface area contributed by atoms with Crippen LogP contribution in [0.4, 0.5) is 0 Å². The van der Waals surface area contributed by atoms with Crippen molar-refractivity contribution in [3.63, 3.8) is 0 Å². The first kappa shape index (κ1) is 13.4. The summed E-state index contributed by atoms with van der Waals surface area (Å²) in [5.74, 6) is 0.888. The molecule has 0 fully saturated rings. The molecule has 0 aliphatic heterocycles. The molecular formula is C16H19NO2. The lowest BCUT2D eigenvalue weighted by atomic mass is 10.1. The van der Waals surface area contributed by atoms with E-state index in [2.05, 4.69) is 11.9 Å². The second-order valence-corrected chi connectivity index (χ2v) is 4.55. The van der Waals surface area contributed by atoms with Gasteiger partial charge in [-0.1, -0.05) is 31.5 Å². The van der Waals surface area contributed by atoms with Gasteiger partial charge in [0.1, 0.15) is 5.75 Å². The molecule has 1 aromatic carbocycles. The molecule has 1 heterocycles. The van der Waals surface area contributed by atoms with Crippen molar-refractivity contribution < 1.29 is 4.74 Å². The van der Waals surface area contributed by atoms with Crippen LogP contribution in [0.2, 0.25) is 0 Å². The number of aromatic nitrogens is 1. The molecule has 0 aliphatic rings. The van der Waals surface area contributed by atoms with Gasteiger partial charge in [-0.05, 0) is 30.2 Å².